The molecule has 0 fully saturated rings. The second kappa shape index (κ2) is 5.25. The molecule has 0 amide bonds. The summed E-state index contributed by atoms with van der Waals surface area (Å²) in [5.74, 6) is 1.45. The van der Waals surface area contributed by atoms with Crippen molar-refractivity contribution in [2.45, 2.75) is 6.92 Å². The molecule has 3 rings (SSSR count). The summed E-state index contributed by atoms with van der Waals surface area (Å²) in [7, 11) is 0. The monoisotopic (exact) mass is 277 g/mol. The lowest BCUT2D eigenvalue weighted by atomic mass is 10.2. The van der Waals surface area contributed by atoms with Gasteiger partial charge in [0.2, 0.25) is 0 Å². The van der Waals surface area contributed by atoms with Gasteiger partial charge in [-0.05, 0) is 43.3 Å². The highest BCUT2D eigenvalue weighted by molar-refractivity contribution is 5.95. The van der Waals surface area contributed by atoms with Gasteiger partial charge in [0.05, 0.1) is 0 Å². The van der Waals surface area contributed by atoms with Crippen LogP contribution in [0.4, 0.5) is 0 Å². The van der Waals surface area contributed by atoms with Crippen molar-refractivity contribution in [1.29, 1.82) is 5.41 Å². The van der Waals surface area contributed by atoms with E-state index in [9.17, 15) is 0 Å². The fourth-order valence-electron chi connectivity index (χ4n) is 2.13. The molecular weight excluding hydrogens is 262 g/mol. The number of fused-ring (bicyclic) bond motifs is 1. The van der Waals surface area contributed by atoms with Gasteiger partial charge >= 0.3 is 0 Å². The average Bonchev–Trinajstić information content (AvgIpc) is 2.48. The molecule has 104 valence electrons. The van der Waals surface area contributed by atoms with Crippen LogP contribution in [0.15, 0.2) is 54.6 Å². The van der Waals surface area contributed by atoms with Crippen molar-refractivity contribution in [3.63, 3.8) is 0 Å². The molecule has 0 atom stereocenters. The number of nitrogens with two attached hydrogens (primary N) is 1. The van der Waals surface area contributed by atoms with Crippen LogP contribution in [0.2, 0.25) is 0 Å². The molecule has 2 aromatic carbocycles. The first-order valence-electron chi connectivity index (χ1n) is 6.62. The minimum Gasteiger partial charge on any atom is -0.455 e. The van der Waals surface area contributed by atoms with E-state index >= 15 is 0 Å². The van der Waals surface area contributed by atoms with Gasteiger partial charge in [0.25, 0.3) is 0 Å². The molecule has 4 heteroatoms. The number of aromatic nitrogens is 1. The van der Waals surface area contributed by atoms with E-state index in [0.29, 0.717) is 17.1 Å². The summed E-state index contributed by atoms with van der Waals surface area (Å²) in [6, 6.07) is 17.0. The zero-order valence-corrected chi connectivity index (χ0v) is 11.6. The lowest BCUT2D eigenvalue weighted by Crippen LogP contribution is -2.10. The molecule has 1 heterocycles. The van der Waals surface area contributed by atoms with E-state index in [4.69, 9.17) is 15.9 Å². The third-order valence-electron chi connectivity index (χ3n) is 3.22. The molecule has 0 aliphatic heterocycles. The first-order valence-corrected chi connectivity index (χ1v) is 6.62. The van der Waals surface area contributed by atoms with Gasteiger partial charge in [0.1, 0.15) is 17.1 Å². The van der Waals surface area contributed by atoms with E-state index in [1.807, 2.05) is 37.3 Å². The Morgan fingerprint density at radius 1 is 1.05 bits per heavy atom. The predicted octanol–water partition coefficient (Wildman–Crippen LogP) is 3.62. The number of aryl methyl sites for hydroxylation is 1. The SMILES string of the molecule is Cc1ccc2cccc(Oc3ccc(C(=N)N)cc3)c2n1. The summed E-state index contributed by atoms with van der Waals surface area (Å²) in [5.41, 5.74) is 7.91. The molecule has 0 aliphatic carbocycles. The zero-order valence-electron chi connectivity index (χ0n) is 11.6. The summed E-state index contributed by atoms with van der Waals surface area (Å²) in [5, 5.41) is 8.43. The van der Waals surface area contributed by atoms with Crippen molar-refractivity contribution >= 4 is 16.7 Å². The maximum Gasteiger partial charge on any atom is 0.153 e. The maximum absolute atomic E-state index is 7.39. The highest BCUT2D eigenvalue weighted by Crippen LogP contribution is 2.28. The smallest absolute Gasteiger partial charge is 0.153 e. The molecular formula is C17H15N3O. The van der Waals surface area contributed by atoms with Crippen LogP contribution in [-0.4, -0.2) is 10.8 Å². The highest BCUT2D eigenvalue weighted by Gasteiger charge is 2.05. The first kappa shape index (κ1) is 13.1. The molecule has 4 nitrogen and oxygen atoms in total. The maximum atomic E-state index is 7.39. The Kier molecular flexibility index (Phi) is 3.28. The molecule has 21 heavy (non-hydrogen) atoms. The van der Waals surface area contributed by atoms with Gasteiger partial charge in [-0.15, -0.1) is 0 Å². The molecule has 0 bridgehead atoms. The number of hydrogen-bond acceptors (Lipinski definition) is 3. The van der Waals surface area contributed by atoms with E-state index in [2.05, 4.69) is 4.98 Å². The first-order chi connectivity index (χ1) is 10.1. The number of para-hydroxylation sites is 1. The van der Waals surface area contributed by atoms with Crippen LogP contribution >= 0.6 is 0 Å². The Hall–Kier alpha value is -2.88. The number of amidine groups is 1. The average molecular weight is 277 g/mol. The van der Waals surface area contributed by atoms with Crippen molar-refractivity contribution in [2.24, 2.45) is 5.73 Å². The van der Waals surface area contributed by atoms with Gasteiger partial charge in [-0.1, -0.05) is 18.2 Å². The molecule has 0 unspecified atom stereocenters. The van der Waals surface area contributed by atoms with Crippen molar-refractivity contribution in [2.75, 3.05) is 0 Å². The summed E-state index contributed by atoms with van der Waals surface area (Å²) >= 11 is 0. The normalized spacial score (nSPS) is 10.5. The van der Waals surface area contributed by atoms with Crippen LogP contribution < -0.4 is 10.5 Å². The van der Waals surface area contributed by atoms with Crippen LogP contribution in [0.5, 0.6) is 11.5 Å². The van der Waals surface area contributed by atoms with Crippen molar-refractivity contribution in [3.8, 4) is 11.5 Å². The fraction of sp³-hybridized carbons (Fsp3) is 0.0588. The van der Waals surface area contributed by atoms with Crippen molar-refractivity contribution in [1.82, 2.24) is 4.98 Å². The summed E-state index contributed by atoms with van der Waals surface area (Å²) in [6.07, 6.45) is 0. The number of ether oxygens (including phenoxy) is 1. The molecule has 3 aromatic rings. The summed E-state index contributed by atoms with van der Waals surface area (Å²) < 4.78 is 5.91. The van der Waals surface area contributed by atoms with Crippen LogP contribution in [0.1, 0.15) is 11.3 Å². The molecule has 0 radical (unpaired) electrons. The third-order valence-corrected chi connectivity index (χ3v) is 3.22. The van der Waals surface area contributed by atoms with E-state index in [0.717, 1.165) is 16.6 Å². The fourth-order valence-corrected chi connectivity index (χ4v) is 2.13. The van der Waals surface area contributed by atoms with Crippen LogP contribution in [-0.2, 0) is 0 Å². The highest BCUT2D eigenvalue weighted by atomic mass is 16.5. The van der Waals surface area contributed by atoms with Crippen molar-refractivity contribution < 1.29 is 4.74 Å². The molecule has 0 spiro atoms. The van der Waals surface area contributed by atoms with Crippen LogP contribution in [0, 0.1) is 12.3 Å². The van der Waals surface area contributed by atoms with Crippen molar-refractivity contribution in [3.05, 3.63) is 65.9 Å². The Morgan fingerprint density at radius 3 is 2.52 bits per heavy atom. The third kappa shape index (κ3) is 2.69. The quantitative estimate of drug-likeness (QED) is 0.567. The molecule has 0 aliphatic rings. The number of nitrogen functional groups attached to an aromatic ring is 1. The molecule has 1 aromatic heterocycles. The van der Waals surface area contributed by atoms with E-state index in [1.54, 1.807) is 24.3 Å². The van der Waals surface area contributed by atoms with E-state index in [1.165, 1.54) is 0 Å². The summed E-state index contributed by atoms with van der Waals surface area (Å²) in [6.45, 7) is 1.96. The standard InChI is InChI=1S/C17H15N3O/c1-11-5-6-12-3-2-4-15(16(12)20-11)21-14-9-7-13(8-10-14)17(18)19/h2-10H,1H3,(H3,18,19). The van der Waals surface area contributed by atoms with Gasteiger partial charge in [-0.3, -0.25) is 5.41 Å². The van der Waals surface area contributed by atoms with Gasteiger partial charge in [-0.25, -0.2) is 4.98 Å². The van der Waals surface area contributed by atoms with Gasteiger partial charge in [-0.2, -0.15) is 0 Å². The molecule has 0 saturated heterocycles. The molecule has 3 N–H and O–H groups in total. The minimum absolute atomic E-state index is 0.0454. The Morgan fingerprint density at radius 2 is 1.81 bits per heavy atom. The van der Waals surface area contributed by atoms with Crippen LogP contribution in [0.3, 0.4) is 0 Å². The topological polar surface area (TPSA) is 72.0 Å². The summed E-state index contributed by atoms with van der Waals surface area (Å²) in [4.78, 5) is 4.54. The number of rotatable bonds is 3. The number of nitrogens with one attached hydrogen (secondary N) is 1. The largest absolute Gasteiger partial charge is 0.455 e. The van der Waals surface area contributed by atoms with E-state index in [-0.39, 0.29) is 5.84 Å². The van der Waals surface area contributed by atoms with Crippen LogP contribution in [0.25, 0.3) is 10.9 Å². The predicted molar refractivity (Wildman–Crippen MR) is 84.0 cm³/mol. The van der Waals surface area contributed by atoms with Gasteiger partial charge in [0.15, 0.2) is 5.75 Å². The Balaban J connectivity index is 1.97. The Bertz CT molecular complexity index is 810. The number of hydrogen-bond donors (Lipinski definition) is 2. The number of nitrogens with zero attached hydrogens (tertiary/aromatic N) is 1. The second-order valence-corrected chi connectivity index (χ2v) is 4.82. The number of benzene rings is 2. The lowest BCUT2D eigenvalue weighted by Gasteiger charge is -2.09. The number of pyridine rings is 1. The second-order valence-electron chi connectivity index (χ2n) is 4.82. The van der Waals surface area contributed by atoms with E-state index < -0.39 is 0 Å². The molecule has 0 saturated carbocycles. The zero-order chi connectivity index (χ0) is 14.8. The van der Waals surface area contributed by atoms with Gasteiger partial charge in [0, 0.05) is 16.6 Å². The minimum atomic E-state index is 0.0454. The van der Waals surface area contributed by atoms with Gasteiger partial charge < -0.3 is 10.5 Å². The Labute approximate surface area is 122 Å². The lowest BCUT2D eigenvalue weighted by molar-refractivity contribution is 0.487.